The molecule has 20 heavy (non-hydrogen) atoms. The average molecular weight is 315 g/mol. The topological polar surface area (TPSA) is 55.4 Å². The van der Waals surface area contributed by atoms with Crippen LogP contribution < -0.4 is 9.46 Å². The van der Waals surface area contributed by atoms with Gasteiger partial charge in [-0.3, -0.25) is 0 Å². The van der Waals surface area contributed by atoms with Gasteiger partial charge in [0.1, 0.15) is 0 Å². The molecule has 108 valence electrons. The van der Waals surface area contributed by atoms with Crippen LogP contribution in [-0.4, -0.2) is 22.1 Å². The van der Waals surface area contributed by atoms with Crippen LogP contribution in [0.4, 0.5) is 4.39 Å². The molecule has 1 aromatic carbocycles. The summed E-state index contributed by atoms with van der Waals surface area (Å²) in [6.45, 7) is 0.274. The summed E-state index contributed by atoms with van der Waals surface area (Å²) < 4.78 is 44.7. The Morgan fingerprint density at radius 3 is 2.75 bits per heavy atom. The monoisotopic (exact) mass is 315 g/mol. The SMILES string of the molecule is COc1ccc(S(=O)(=O)NCCc2cccs2)cc1F. The van der Waals surface area contributed by atoms with Crippen LogP contribution in [0.1, 0.15) is 4.88 Å². The van der Waals surface area contributed by atoms with Crippen molar-refractivity contribution in [2.24, 2.45) is 0 Å². The number of ether oxygens (including phenoxy) is 1. The summed E-state index contributed by atoms with van der Waals surface area (Å²) in [7, 11) is -2.38. The minimum atomic E-state index is -3.70. The third-order valence-electron chi connectivity index (χ3n) is 2.68. The molecule has 1 N–H and O–H groups in total. The third kappa shape index (κ3) is 3.56. The summed E-state index contributed by atoms with van der Waals surface area (Å²) in [5.74, 6) is -0.684. The summed E-state index contributed by atoms with van der Waals surface area (Å²) in [4.78, 5) is 0.982. The van der Waals surface area contributed by atoms with Crippen molar-refractivity contribution in [2.45, 2.75) is 11.3 Å². The average Bonchev–Trinajstić information content (AvgIpc) is 2.91. The summed E-state index contributed by atoms with van der Waals surface area (Å²) in [5.41, 5.74) is 0. The molecule has 0 saturated heterocycles. The summed E-state index contributed by atoms with van der Waals surface area (Å²) in [6, 6.07) is 7.41. The number of nitrogens with one attached hydrogen (secondary N) is 1. The van der Waals surface area contributed by atoms with Crippen LogP contribution >= 0.6 is 11.3 Å². The number of benzene rings is 1. The Bertz CT molecular complexity index is 669. The fraction of sp³-hybridized carbons (Fsp3) is 0.231. The highest BCUT2D eigenvalue weighted by Crippen LogP contribution is 2.20. The van der Waals surface area contributed by atoms with Crippen LogP contribution in [0.15, 0.2) is 40.6 Å². The number of halogens is 1. The second kappa shape index (κ2) is 6.34. The molecule has 0 aliphatic carbocycles. The Morgan fingerprint density at radius 1 is 1.35 bits per heavy atom. The number of hydrogen-bond acceptors (Lipinski definition) is 4. The van der Waals surface area contributed by atoms with E-state index in [1.807, 2.05) is 17.5 Å². The van der Waals surface area contributed by atoms with Gasteiger partial charge in [0.05, 0.1) is 12.0 Å². The fourth-order valence-electron chi connectivity index (χ4n) is 1.66. The molecule has 7 heteroatoms. The summed E-state index contributed by atoms with van der Waals surface area (Å²) in [5, 5.41) is 1.93. The molecule has 4 nitrogen and oxygen atoms in total. The van der Waals surface area contributed by atoms with E-state index < -0.39 is 15.8 Å². The van der Waals surface area contributed by atoms with Crippen LogP contribution in [0, 0.1) is 5.82 Å². The molecule has 2 aromatic rings. The first-order chi connectivity index (χ1) is 9.53. The van der Waals surface area contributed by atoms with Crippen LogP contribution in [0.2, 0.25) is 0 Å². The smallest absolute Gasteiger partial charge is 0.240 e. The van der Waals surface area contributed by atoms with Gasteiger partial charge < -0.3 is 4.74 Å². The standard InChI is InChI=1S/C13H14FNO3S2/c1-18-13-5-4-11(9-12(13)14)20(16,17)15-7-6-10-3-2-8-19-10/h2-5,8-9,15H,6-7H2,1H3. The van der Waals surface area contributed by atoms with Crippen molar-refractivity contribution in [1.82, 2.24) is 4.72 Å². The minimum Gasteiger partial charge on any atom is -0.494 e. The second-order valence-electron chi connectivity index (χ2n) is 4.02. The number of methoxy groups -OCH3 is 1. The van der Waals surface area contributed by atoms with E-state index in [1.165, 1.54) is 19.2 Å². The molecular weight excluding hydrogens is 301 g/mol. The first-order valence-electron chi connectivity index (χ1n) is 5.88. The zero-order valence-electron chi connectivity index (χ0n) is 10.8. The molecule has 0 aliphatic heterocycles. The first kappa shape index (κ1) is 15.0. The van der Waals surface area contributed by atoms with Crippen LogP contribution in [0.5, 0.6) is 5.75 Å². The van der Waals surface area contributed by atoms with Gasteiger partial charge in [-0.1, -0.05) is 6.07 Å². The largest absolute Gasteiger partial charge is 0.494 e. The van der Waals surface area contributed by atoms with Crippen molar-refractivity contribution >= 4 is 21.4 Å². The molecule has 0 radical (unpaired) electrons. The molecule has 0 amide bonds. The van der Waals surface area contributed by atoms with Gasteiger partial charge >= 0.3 is 0 Å². The molecule has 0 saturated carbocycles. The Balaban J connectivity index is 2.04. The predicted molar refractivity (Wildman–Crippen MR) is 76.2 cm³/mol. The van der Waals surface area contributed by atoms with Crippen LogP contribution in [-0.2, 0) is 16.4 Å². The van der Waals surface area contributed by atoms with E-state index >= 15 is 0 Å². The van der Waals surface area contributed by atoms with Gasteiger partial charge in [-0.15, -0.1) is 11.3 Å². The summed E-state index contributed by atoms with van der Waals surface area (Å²) in [6.07, 6.45) is 0.607. The van der Waals surface area contributed by atoms with Gasteiger partial charge in [-0.2, -0.15) is 0 Å². The van der Waals surface area contributed by atoms with Gasteiger partial charge in [-0.25, -0.2) is 17.5 Å². The van der Waals surface area contributed by atoms with Crippen molar-refractivity contribution in [1.29, 1.82) is 0 Å². The molecule has 0 fully saturated rings. The highest BCUT2D eigenvalue weighted by Gasteiger charge is 2.16. The van der Waals surface area contributed by atoms with E-state index in [9.17, 15) is 12.8 Å². The zero-order chi connectivity index (χ0) is 14.6. The molecule has 0 aliphatic rings. The van der Waals surface area contributed by atoms with Gasteiger partial charge in [0, 0.05) is 11.4 Å². The molecule has 0 unspecified atom stereocenters. The lowest BCUT2D eigenvalue weighted by atomic mass is 10.3. The Labute approximate surface area is 121 Å². The number of rotatable bonds is 6. The lowest BCUT2D eigenvalue weighted by Crippen LogP contribution is -2.25. The minimum absolute atomic E-state index is 0.0162. The quantitative estimate of drug-likeness (QED) is 0.890. The number of thiophene rings is 1. The van der Waals surface area contributed by atoms with Crippen molar-refractivity contribution < 1.29 is 17.5 Å². The van der Waals surface area contributed by atoms with Crippen molar-refractivity contribution in [3.05, 3.63) is 46.4 Å². The maximum Gasteiger partial charge on any atom is 0.240 e. The first-order valence-corrected chi connectivity index (χ1v) is 8.25. The molecule has 0 spiro atoms. The zero-order valence-corrected chi connectivity index (χ0v) is 12.4. The molecule has 1 aromatic heterocycles. The Morgan fingerprint density at radius 2 is 2.15 bits per heavy atom. The van der Waals surface area contributed by atoms with Crippen molar-refractivity contribution in [3.8, 4) is 5.75 Å². The van der Waals surface area contributed by atoms with Gasteiger partial charge in [0.25, 0.3) is 0 Å². The Kier molecular flexibility index (Phi) is 4.74. The van der Waals surface area contributed by atoms with E-state index in [-0.39, 0.29) is 17.2 Å². The van der Waals surface area contributed by atoms with E-state index in [0.29, 0.717) is 6.42 Å². The predicted octanol–water partition coefficient (Wildman–Crippen LogP) is 2.42. The van der Waals surface area contributed by atoms with Crippen molar-refractivity contribution in [3.63, 3.8) is 0 Å². The number of hydrogen-bond donors (Lipinski definition) is 1. The maximum atomic E-state index is 13.5. The normalized spacial score (nSPS) is 11.5. The molecule has 0 bridgehead atoms. The third-order valence-corrected chi connectivity index (χ3v) is 5.07. The molecular formula is C13H14FNO3S2. The molecule has 1 heterocycles. The second-order valence-corrected chi connectivity index (χ2v) is 6.82. The maximum absolute atomic E-state index is 13.5. The van der Waals surface area contributed by atoms with Crippen molar-refractivity contribution in [2.75, 3.05) is 13.7 Å². The highest BCUT2D eigenvalue weighted by atomic mass is 32.2. The lowest BCUT2D eigenvalue weighted by Gasteiger charge is -2.08. The lowest BCUT2D eigenvalue weighted by molar-refractivity contribution is 0.385. The highest BCUT2D eigenvalue weighted by molar-refractivity contribution is 7.89. The van der Waals surface area contributed by atoms with Gasteiger partial charge in [-0.05, 0) is 36.1 Å². The van der Waals surface area contributed by atoms with E-state index in [1.54, 1.807) is 11.3 Å². The van der Waals surface area contributed by atoms with Gasteiger partial charge in [0.15, 0.2) is 11.6 Å². The van der Waals surface area contributed by atoms with E-state index in [0.717, 1.165) is 10.9 Å². The van der Waals surface area contributed by atoms with Gasteiger partial charge in [0.2, 0.25) is 10.0 Å². The number of sulfonamides is 1. The molecule has 2 rings (SSSR count). The Hall–Kier alpha value is -1.44. The molecule has 0 atom stereocenters. The van der Waals surface area contributed by atoms with Crippen LogP contribution in [0.25, 0.3) is 0 Å². The summed E-state index contributed by atoms with van der Waals surface area (Å²) >= 11 is 1.57. The fourth-order valence-corrected chi connectivity index (χ4v) is 3.41. The van der Waals surface area contributed by atoms with Crippen LogP contribution in [0.3, 0.4) is 0 Å². The van der Waals surface area contributed by atoms with E-state index in [2.05, 4.69) is 4.72 Å². The van der Waals surface area contributed by atoms with E-state index in [4.69, 9.17) is 4.74 Å².